The van der Waals surface area contributed by atoms with Crippen LogP contribution in [0.5, 0.6) is 0 Å². The maximum absolute atomic E-state index is 12.1. The molecule has 1 aliphatic heterocycles. The van der Waals surface area contributed by atoms with Gasteiger partial charge in [-0.2, -0.15) is 5.10 Å². The molecule has 100 valence electrons. The standard InChI is InChI=1S/C14H17N3O2/c1-3-10-6-4-5-7-11(10)15-14(19)12-8-9-13(18)17(2)16-12/h4-7H,3,8-9H2,1-2H3,(H,15,19). The number of hydrogen-bond acceptors (Lipinski definition) is 3. The molecule has 0 spiro atoms. The molecule has 1 heterocycles. The van der Waals surface area contributed by atoms with Crippen molar-refractivity contribution in [2.75, 3.05) is 12.4 Å². The highest BCUT2D eigenvalue weighted by Gasteiger charge is 2.22. The van der Waals surface area contributed by atoms with E-state index in [-0.39, 0.29) is 11.8 Å². The topological polar surface area (TPSA) is 61.8 Å². The Bertz CT molecular complexity index is 537. The maximum Gasteiger partial charge on any atom is 0.271 e. The number of amides is 2. The van der Waals surface area contributed by atoms with E-state index >= 15 is 0 Å². The molecule has 2 rings (SSSR count). The quantitative estimate of drug-likeness (QED) is 0.899. The minimum atomic E-state index is -0.236. The summed E-state index contributed by atoms with van der Waals surface area (Å²) in [6, 6.07) is 7.68. The summed E-state index contributed by atoms with van der Waals surface area (Å²) >= 11 is 0. The molecule has 1 aliphatic rings. The molecule has 19 heavy (non-hydrogen) atoms. The number of nitrogens with zero attached hydrogens (tertiary/aromatic N) is 2. The molecule has 0 saturated heterocycles. The summed E-state index contributed by atoms with van der Waals surface area (Å²) in [4.78, 5) is 23.4. The van der Waals surface area contributed by atoms with Crippen molar-refractivity contribution >= 4 is 23.2 Å². The lowest BCUT2D eigenvalue weighted by molar-refractivity contribution is -0.130. The SMILES string of the molecule is CCc1ccccc1NC(=O)C1=NN(C)C(=O)CC1. The van der Waals surface area contributed by atoms with Crippen molar-refractivity contribution in [2.45, 2.75) is 26.2 Å². The van der Waals surface area contributed by atoms with E-state index in [1.807, 2.05) is 31.2 Å². The van der Waals surface area contributed by atoms with Gasteiger partial charge in [-0.3, -0.25) is 9.59 Å². The Morgan fingerprint density at radius 3 is 2.79 bits per heavy atom. The fraction of sp³-hybridized carbons (Fsp3) is 0.357. The summed E-state index contributed by atoms with van der Waals surface area (Å²) in [5.41, 5.74) is 2.28. The van der Waals surface area contributed by atoms with Crippen LogP contribution < -0.4 is 5.32 Å². The van der Waals surface area contributed by atoms with Gasteiger partial charge in [0.25, 0.3) is 5.91 Å². The van der Waals surface area contributed by atoms with Crippen LogP contribution in [0.3, 0.4) is 0 Å². The van der Waals surface area contributed by atoms with E-state index < -0.39 is 0 Å². The van der Waals surface area contributed by atoms with Gasteiger partial charge in [-0.25, -0.2) is 5.01 Å². The predicted molar refractivity (Wildman–Crippen MR) is 73.9 cm³/mol. The fourth-order valence-corrected chi connectivity index (χ4v) is 1.98. The molecule has 0 bridgehead atoms. The van der Waals surface area contributed by atoms with E-state index in [2.05, 4.69) is 10.4 Å². The molecule has 0 aliphatic carbocycles. The van der Waals surface area contributed by atoms with Gasteiger partial charge in [0, 0.05) is 25.6 Å². The van der Waals surface area contributed by atoms with Gasteiger partial charge in [-0.1, -0.05) is 25.1 Å². The van der Waals surface area contributed by atoms with Crippen LogP contribution in [0.25, 0.3) is 0 Å². The van der Waals surface area contributed by atoms with Gasteiger partial charge >= 0.3 is 0 Å². The highest BCUT2D eigenvalue weighted by molar-refractivity contribution is 6.43. The Morgan fingerprint density at radius 2 is 2.11 bits per heavy atom. The van der Waals surface area contributed by atoms with Crippen molar-refractivity contribution in [1.29, 1.82) is 0 Å². The van der Waals surface area contributed by atoms with Gasteiger partial charge in [-0.05, 0) is 18.1 Å². The Balaban J connectivity index is 2.13. The number of nitrogens with one attached hydrogen (secondary N) is 1. The Morgan fingerprint density at radius 1 is 1.37 bits per heavy atom. The van der Waals surface area contributed by atoms with Crippen molar-refractivity contribution in [3.63, 3.8) is 0 Å². The summed E-state index contributed by atoms with van der Waals surface area (Å²) < 4.78 is 0. The number of hydrogen-bond donors (Lipinski definition) is 1. The zero-order chi connectivity index (χ0) is 13.8. The number of hydrazone groups is 1. The number of anilines is 1. The van der Waals surface area contributed by atoms with Crippen LogP contribution in [0.2, 0.25) is 0 Å². The smallest absolute Gasteiger partial charge is 0.271 e. The molecule has 0 radical (unpaired) electrons. The van der Waals surface area contributed by atoms with Crippen LogP contribution in [-0.2, 0) is 16.0 Å². The highest BCUT2D eigenvalue weighted by Crippen LogP contribution is 2.16. The molecule has 2 amide bonds. The van der Waals surface area contributed by atoms with E-state index in [0.717, 1.165) is 17.7 Å². The molecule has 1 aromatic carbocycles. The van der Waals surface area contributed by atoms with Crippen LogP contribution in [-0.4, -0.2) is 29.6 Å². The Kier molecular flexibility index (Phi) is 3.94. The molecule has 0 unspecified atom stereocenters. The molecule has 1 aromatic rings. The molecule has 5 nitrogen and oxygen atoms in total. The molecule has 0 aromatic heterocycles. The van der Waals surface area contributed by atoms with Crippen LogP contribution in [0.4, 0.5) is 5.69 Å². The van der Waals surface area contributed by atoms with E-state index in [1.54, 1.807) is 7.05 Å². The van der Waals surface area contributed by atoms with Gasteiger partial charge in [-0.15, -0.1) is 0 Å². The number of rotatable bonds is 3. The number of benzene rings is 1. The largest absolute Gasteiger partial charge is 0.321 e. The number of carbonyl (C=O) groups is 2. The number of aryl methyl sites for hydroxylation is 1. The second-order valence-electron chi connectivity index (χ2n) is 4.43. The molecular formula is C14H17N3O2. The van der Waals surface area contributed by atoms with Gasteiger partial charge in [0.2, 0.25) is 5.91 Å². The zero-order valence-electron chi connectivity index (χ0n) is 11.1. The highest BCUT2D eigenvalue weighted by atomic mass is 16.2. The summed E-state index contributed by atoms with van der Waals surface area (Å²) in [5, 5.41) is 8.09. The first kappa shape index (κ1) is 13.3. The van der Waals surface area contributed by atoms with E-state index in [9.17, 15) is 9.59 Å². The van der Waals surface area contributed by atoms with Crippen LogP contribution >= 0.6 is 0 Å². The molecule has 0 saturated carbocycles. The summed E-state index contributed by atoms with van der Waals surface area (Å²) in [5.74, 6) is -0.300. The Hall–Kier alpha value is -2.17. The average molecular weight is 259 g/mol. The molecule has 0 atom stereocenters. The molecule has 5 heteroatoms. The van der Waals surface area contributed by atoms with Crippen LogP contribution in [0, 0.1) is 0 Å². The first-order valence-electron chi connectivity index (χ1n) is 6.35. The maximum atomic E-state index is 12.1. The first-order valence-corrected chi connectivity index (χ1v) is 6.35. The van der Waals surface area contributed by atoms with E-state index in [1.165, 1.54) is 5.01 Å². The van der Waals surface area contributed by atoms with Crippen molar-refractivity contribution in [3.05, 3.63) is 29.8 Å². The fourth-order valence-electron chi connectivity index (χ4n) is 1.98. The van der Waals surface area contributed by atoms with Crippen LogP contribution in [0.1, 0.15) is 25.3 Å². The van der Waals surface area contributed by atoms with Crippen molar-refractivity contribution in [3.8, 4) is 0 Å². The summed E-state index contributed by atoms with van der Waals surface area (Å²) in [6.45, 7) is 2.04. The lowest BCUT2D eigenvalue weighted by atomic mass is 10.1. The lowest BCUT2D eigenvalue weighted by Gasteiger charge is -2.19. The number of carbonyl (C=O) groups excluding carboxylic acids is 2. The second kappa shape index (κ2) is 5.65. The van der Waals surface area contributed by atoms with E-state index in [4.69, 9.17) is 0 Å². The van der Waals surface area contributed by atoms with Gasteiger partial charge in [0.1, 0.15) is 5.71 Å². The van der Waals surface area contributed by atoms with Gasteiger partial charge < -0.3 is 5.32 Å². The Labute approximate surface area is 112 Å². The third kappa shape index (κ3) is 2.99. The predicted octanol–water partition coefficient (Wildman–Crippen LogP) is 1.80. The molecular weight excluding hydrogens is 242 g/mol. The van der Waals surface area contributed by atoms with Gasteiger partial charge in [0.05, 0.1) is 0 Å². The minimum Gasteiger partial charge on any atom is -0.321 e. The normalized spacial score (nSPS) is 15.2. The second-order valence-corrected chi connectivity index (χ2v) is 4.43. The van der Waals surface area contributed by atoms with Crippen molar-refractivity contribution < 1.29 is 9.59 Å². The summed E-state index contributed by atoms with van der Waals surface area (Å²) in [6.07, 6.45) is 1.57. The monoisotopic (exact) mass is 259 g/mol. The van der Waals surface area contributed by atoms with Crippen LogP contribution in [0.15, 0.2) is 29.4 Å². The third-order valence-electron chi connectivity index (χ3n) is 3.12. The first-order chi connectivity index (χ1) is 9.11. The zero-order valence-corrected chi connectivity index (χ0v) is 11.1. The summed E-state index contributed by atoms with van der Waals surface area (Å²) in [7, 11) is 1.56. The third-order valence-corrected chi connectivity index (χ3v) is 3.12. The van der Waals surface area contributed by atoms with Crippen molar-refractivity contribution in [1.82, 2.24) is 5.01 Å². The van der Waals surface area contributed by atoms with Gasteiger partial charge in [0.15, 0.2) is 0 Å². The molecule has 1 N–H and O–H groups in total. The average Bonchev–Trinajstić information content (AvgIpc) is 2.42. The molecule has 0 fully saturated rings. The minimum absolute atomic E-state index is 0.0643. The van der Waals surface area contributed by atoms with E-state index in [0.29, 0.717) is 18.6 Å². The van der Waals surface area contributed by atoms with Crippen molar-refractivity contribution in [2.24, 2.45) is 5.10 Å². The lowest BCUT2D eigenvalue weighted by Crippen LogP contribution is -2.34. The number of para-hydroxylation sites is 1.